The maximum absolute atomic E-state index is 5.46. The zero-order chi connectivity index (χ0) is 15.2. The van der Waals surface area contributed by atoms with E-state index in [0.717, 1.165) is 58.4 Å². The Kier molecular flexibility index (Phi) is 8.08. The molecule has 0 aliphatic carbocycles. The first kappa shape index (κ1) is 19.0. The highest BCUT2D eigenvalue weighted by Gasteiger charge is 2.30. The summed E-state index contributed by atoms with van der Waals surface area (Å²) in [4.78, 5) is 9.80. The quantitative estimate of drug-likeness (QED) is 0.434. The summed E-state index contributed by atoms with van der Waals surface area (Å²) in [6.45, 7) is 9.89. The molecule has 0 bridgehead atoms. The van der Waals surface area contributed by atoms with Crippen LogP contribution >= 0.6 is 35.3 Å². The van der Waals surface area contributed by atoms with E-state index in [4.69, 9.17) is 9.73 Å². The summed E-state index contributed by atoms with van der Waals surface area (Å²) < 4.78 is 5.46. The van der Waals surface area contributed by atoms with E-state index >= 15 is 0 Å². The van der Waals surface area contributed by atoms with Crippen molar-refractivity contribution in [3.63, 3.8) is 0 Å². The maximum Gasteiger partial charge on any atom is 0.194 e. The molecule has 2 saturated heterocycles. The second-order valence-corrected chi connectivity index (χ2v) is 6.62. The van der Waals surface area contributed by atoms with Crippen molar-refractivity contribution in [1.29, 1.82) is 0 Å². The molecule has 2 aliphatic heterocycles. The summed E-state index contributed by atoms with van der Waals surface area (Å²) in [5, 5.41) is 7.73. The minimum atomic E-state index is 0. The van der Waals surface area contributed by atoms with Gasteiger partial charge in [-0.25, -0.2) is 4.99 Å². The molecular weight excluding hydrogens is 423 g/mol. The first-order chi connectivity index (χ1) is 10.9. The lowest BCUT2D eigenvalue weighted by Crippen LogP contribution is -2.46. The minimum absolute atomic E-state index is 0. The second-order valence-electron chi connectivity index (χ2n) is 5.84. The molecule has 1 atom stereocenters. The maximum atomic E-state index is 5.46. The summed E-state index contributed by atoms with van der Waals surface area (Å²) in [5.74, 6) is 1.06. The number of hydrogen-bond acceptors (Lipinski definition) is 4. The predicted molar refractivity (Wildman–Crippen MR) is 107 cm³/mol. The molecule has 0 aromatic carbocycles. The molecule has 1 N–H and O–H groups in total. The molecule has 0 saturated carbocycles. The summed E-state index contributed by atoms with van der Waals surface area (Å²) in [5.41, 5.74) is 1.30. The predicted octanol–water partition coefficient (Wildman–Crippen LogP) is 2.24. The molecule has 0 radical (unpaired) electrons. The van der Waals surface area contributed by atoms with Gasteiger partial charge in [-0.05, 0) is 35.7 Å². The third-order valence-electron chi connectivity index (χ3n) is 4.35. The Morgan fingerprint density at radius 3 is 2.91 bits per heavy atom. The number of aliphatic imine (C=N–C) groups is 1. The molecule has 2 fully saturated rings. The highest BCUT2D eigenvalue weighted by Crippen LogP contribution is 2.17. The van der Waals surface area contributed by atoms with Gasteiger partial charge in [0.2, 0.25) is 0 Å². The molecule has 130 valence electrons. The van der Waals surface area contributed by atoms with E-state index in [1.54, 1.807) is 11.3 Å². The topological polar surface area (TPSA) is 40.1 Å². The largest absolute Gasteiger partial charge is 0.379 e. The van der Waals surface area contributed by atoms with Crippen LogP contribution in [0.1, 0.15) is 18.9 Å². The van der Waals surface area contributed by atoms with Gasteiger partial charge < -0.3 is 15.0 Å². The van der Waals surface area contributed by atoms with Crippen LogP contribution < -0.4 is 5.32 Å². The van der Waals surface area contributed by atoms with Crippen LogP contribution in [-0.4, -0.2) is 67.7 Å². The number of ether oxygens (including phenoxy) is 1. The molecule has 5 nitrogen and oxygen atoms in total. The van der Waals surface area contributed by atoms with Crippen LogP contribution in [0.2, 0.25) is 0 Å². The van der Waals surface area contributed by atoms with Gasteiger partial charge in [-0.3, -0.25) is 4.90 Å². The normalized spacial score (nSPS) is 22.9. The van der Waals surface area contributed by atoms with E-state index in [-0.39, 0.29) is 24.0 Å². The molecule has 3 rings (SSSR count). The van der Waals surface area contributed by atoms with E-state index in [9.17, 15) is 0 Å². The third-order valence-corrected chi connectivity index (χ3v) is 5.08. The number of likely N-dealkylation sites (tertiary alicyclic amines) is 1. The van der Waals surface area contributed by atoms with Gasteiger partial charge in [0.25, 0.3) is 0 Å². The number of rotatable bonds is 4. The van der Waals surface area contributed by atoms with Gasteiger partial charge in [-0.15, -0.1) is 24.0 Å². The molecular formula is C16H27IN4OS. The van der Waals surface area contributed by atoms with E-state index in [1.165, 1.54) is 12.0 Å². The Morgan fingerprint density at radius 2 is 2.22 bits per heavy atom. The van der Waals surface area contributed by atoms with Gasteiger partial charge in [-0.1, -0.05) is 0 Å². The summed E-state index contributed by atoms with van der Waals surface area (Å²) in [7, 11) is 0. The monoisotopic (exact) mass is 450 g/mol. The second kappa shape index (κ2) is 9.80. The fourth-order valence-corrected chi connectivity index (χ4v) is 3.81. The van der Waals surface area contributed by atoms with Crippen molar-refractivity contribution in [3.05, 3.63) is 22.4 Å². The highest BCUT2D eigenvalue weighted by atomic mass is 127. The van der Waals surface area contributed by atoms with Crippen molar-refractivity contribution < 1.29 is 4.74 Å². The van der Waals surface area contributed by atoms with Crippen LogP contribution in [-0.2, 0) is 11.3 Å². The summed E-state index contributed by atoms with van der Waals surface area (Å²) in [6, 6.07) is 2.80. The Balaban J connectivity index is 0.00000192. The van der Waals surface area contributed by atoms with Crippen molar-refractivity contribution in [2.45, 2.75) is 25.9 Å². The van der Waals surface area contributed by atoms with Crippen LogP contribution in [0.4, 0.5) is 0 Å². The van der Waals surface area contributed by atoms with Crippen molar-refractivity contribution in [3.8, 4) is 0 Å². The summed E-state index contributed by atoms with van der Waals surface area (Å²) >= 11 is 1.73. The molecule has 0 spiro atoms. The lowest BCUT2D eigenvalue weighted by atomic mass is 10.2. The molecule has 0 amide bonds. The number of morpholine rings is 1. The Bertz CT molecular complexity index is 476. The average Bonchev–Trinajstić information content (AvgIpc) is 3.24. The number of nitrogens with zero attached hydrogens (tertiary/aromatic N) is 3. The van der Waals surface area contributed by atoms with Gasteiger partial charge in [0, 0.05) is 38.8 Å². The molecule has 1 unspecified atom stereocenters. The van der Waals surface area contributed by atoms with Crippen LogP contribution in [0.3, 0.4) is 0 Å². The lowest BCUT2D eigenvalue weighted by molar-refractivity contribution is 0.0195. The summed E-state index contributed by atoms with van der Waals surface area (Å²) in [6.07, 6.45) is 1.23. The van der Waals surface area contributed by atoms with E-state index in [0.29, 0.717) is 6.04 Å². The van der Waals surface area contributed by atoms with Crippen LogP contribution in [0.15, 0.2) is 21.8 Å². The van der Waals surface area contributed by atoms with Gasteiger partial charge in [-0.2, -0.15) is 11.3 Å². The Hall–Kier alpha value is -0.380. The van der Waals surface area contributed by atoms with Gasteiger partial charge >= 0.3 is 0 Å². The van der Waals surface area contributed by atoms with Crippen molar-refractivity contribution in [2.75, 3.05) is 45.9 Å². The molecule has 2 aliphatic rings. The molecule has 23 heavy (non-hydrogen) atoms. The lowest BCUT2D eigenvalue weighted by Gasteiger charge is -2.32. The third kappa shape index (κ3) is 5.30. The zero-order valence-electron chi connectivity index (χ0n) is 13.7. The number of halogens is 1. The van der Waals surface area contributed by atoms with Gasteiger partial charge in [0.05, 0.1) is 19.8 Å². The first-order valence-corrected chi connectivity index (χ1v) is 9.17. The Labute approximate surface area is 160 Å². The van der Waals surface area contributed by atoms with Crippen molar-refractivity contribution in [2.24, 2.45) is 4.99 Å². The van der Waals surface area contributed by atoms with Crippen molar-refractivity contribution >= 4 is 41.3 Å². The number of thiophene rings is 1. The fraction of sp³-hybridized carbons (Fsp3) is 0.688. The molecule has 1 aromatic heterocycles. The van der Waals surface area contributed by atoms with E-state index in [2.05, 4.69) is 38.9 Å². The number of guanidine groups is 1. The average molecular weight is 450 g/mol. The van der Waals surface area contributed by atoms with E-state index in [1.807, 2.05) is 0 Å². The van der Waals surface area contributed by atoms with Gasteiger partial charge in [0.15, 0.2) is 5.96 Å². The standard InChI is InChI=1S/C16H26N4OS.HI/c1-2-17-16(18-11-14-4-10-22-13-14)20-5-3-15(12-20)19-6-8-21-9-7-19;/h4,10,13,15H,2-3,5-9,11-12H2,1H3,(H,17,18);1H. The van der Waals surface area contributed by atoms with Crippen LogP contribution in [0.5, 0.6) is 0 Å². The first-order valence-electron chi connectivity index (χ1n) is 8.23. The van der Waals surface area contributed by atoms with Crippen LogP contribution in [0, 0.1) is 0 Å². The number of nitrogens with one attached hydrogen (secondary N) is 1. The molecule has 3 heterocycles. The van der Waals surface area contributed by atoms with Crippen molar-refractivity contribution in [1.82, 2.24) is 15.1 Å². The fourth-order valence-electron chi connectivity index (χ4n) is 3.15. The van der Waals surface area contributed by atoms with Gasteiger partial charge in [0.1, 0.15) is 0 Å². The molecule has 7 heteroatoms. The number of hydrogen-bond donors (Lipinski definition) is 1. The van der Waals surface area contributed by atoms with E-state index < -0.39 is 0 Å². The SMILES string of the molecule is CCNC(=NCc1ccsc1)N1CCC(N2CCOCC2)C1.I. The zero-order valence-corrected chi connectivity index (χ0v) is 16.9. The van der Waals surface area contributed by atoms with Crippen LogP contribution in [0.25, 0.3) is 0 Å². The minimum Gasteiger partial charge on any atom is -0.379 e. The smallest absolute Gasteiger partial charge is 0.194 e. The highest BCUT2D eigenvalue weighted by molar-refractivity contribution is 14.0. The molecule has 1 aromatic rings. The Morgan fingerprint density at radius 1 is 1.39 bits per heavy atom.